The number of ether oxygens (including phenoxy) is 2. The van der Waals surface area contributed by atoms with Gasteiger partial charge in [-0.1, -0.05) is 24.3 Å². The summed E-state index contributed by atoms with van der Waals surface area (Å²) in [5, 5.41) is 5.35. The summed E-state index contributed by atoms with van der Waals surface area (Å²) in [6.45, 7) is 1.28. The first-order valence-electron chi connectivity index (χ1n) is 10.9. The molecule has 178 valence electrons. The highest BCUT2D eigenvalue weighted by Gasteiger charge is 2.30. The summed E-state index contributed by atoms with van der Waals surface area (Å²) in [5.41, 5.74) is 1.16. The van der Waals surface area contributed by atoms with Crippen molar-refractivity contribution in [3.63, 3.8) is 0 Å². The van der Waals surface area contributed by atoms with Crippen LogP contribution in [0.3, 0.4) is 0 Å². The number of alkyl halides is 3. The molecular formula is C24H22F3N3O3S. The first kappa shape index (κ1) is 22.7. The number of rotatable bonds is 8. The maximum absolute atomic E-state index is 13.2. The fraction of sp³-hybridized carbons (Fsp3) is 0.333. The zero-order chi connectivity index (χ0) is 23.7. The van der Waals surface area contributed by atoms with Gasteiger partial charge in [-0.05, 0) is 42.2 Å². The summed E-state index contributed by atoms with van der Waals surface area (Å²) in [4.78, 5) is 18.8. The number of carbonyl (C=O) groups excluding carboxylic acids is 1. The summed E-state index contributed by atoms with van der Waals surface area (Å²) in [6.07, 6.45) is -2.43. The van der Waals surface area contributed by atoms with Crippen LogP contribution in [-0.4, -0.2) is 28.6 Å². The minimum atomic E-state index is -4.41. The molecule has 1 amide bonds. The molecule has 1 aliphatic carbocycles. The van der Waals surface area contributed by atoms with Crippen LogP contribution in [0.25, 0.3) is 0 Å². The molecular weight excluding hydrogens is 467 g/mol. The number of halogens is 3. The molecule has 5 rings (SSSR count). The third-order valence-electron chi connectivity index (χ3n) is 5.56. The van der Waals surface area contributed by atoms with Gasteiger partial charge >= 0.3 is 6.18 Å². The largest absolute Gasteiger partial charge is 0.454 e. The Kier molecular flexibility index (Phi) is 6.18. The molecule has 2 aliphatic rings. The van der Waals surface area contributed by atoms with Crippen molar-refractivity contribution in [1.29, 1.82) is 0 Å². The highest BCUT2D eigenvalue weighted by atomic mass is 32.1. The molecule has 34 heavy (non-hydrogen) atoms. The van der Waals surface area contributed by atoms with Gasteiger partial charge in [-0.3, -0.25) is 9.69 Å². The summed E-state index contributed by atoms with van der Waals surface area (Å²) in [7, 11) is 0. The Morgan fingerprint density at radius 3 is 2.59 bits per heavy atom. The molecule has 2 heterocycles. The van der Waals surface area contributed by atoms with E-state index < -0.39 is 11.7 Å². The van der Waals surface area contributed by atoms with Crippen LogP contribution in [0.15, 0.2) is 47.8 Å². The number of nitrogens with zero attached hydrogens (tertiary/aromatic N) is 2. The number of hydrogen-bond donors (Lipinski definition) is 1. The zero-order valence-electron chi connectivity index (χ0n) is 18.1. The summed E-state index contributed by atoms with van der Waals surface area (Å²) in [5.74, 6) is 1.12. The lowest BCUT2D eigenvalue weighted by atomic mass is 10.1. The van der Waals surface area contributed by atoms with Crippen LogP contribution in [0, 0.1) is 0 Å². The number of amides is 1. The molecule has 1 N–H and O–H groups in total. The average Bonchev–Trinajstić information content (AvgIpc) is 3.28. The number of nitrogens with one attached hydrogen (secondary N) is 1. The second-order valence-corrected chi connectivity index (χ2v) is 9.35. The number of fused-ring (bicyclic) bond motifs is 1. The first-order valence-corrected chi connectivity index (χ1v) is 11.7. The van der Waals surface area contributed by atoms with Crippen molar-refractivity contribution in [2.75, 3.05) is 6.79 Å². The number of benzene rings is 2. The maximum Gasteiger partial charge on any atom is 0.416 e. The minimum absolute atomic E-state index is 0.164. The quantitative estimate of drug-likeness (QED) is 0.483. The lowest BCUT2D eigenvalue weighted by Crippen LogP contribution is -2.26. The van der Waals surface area contributed by atoms with Crippen LogP contribution in [0.2, 0.25) is 0 Å². The Labute approximate surface area is 198 Å². The van der Waals surface area contributed by atoms with Crippen LogP contribution in [0.5, 0.6) is 11.5 Å². The van der Waals surface area contributed by atoms with E-state index in [1.165, 1.54) is 23.5 Å². The molecule has 6 nitrogen and oxygen atoms in total. The second kappa shape index (κ2) is 9.27. The number of carbonyl (C=O) groups is 1. The Morgan fingerprint density at radius 1 is 1.06 bits per heavy atom. The van der Waals surface area contributed by atoms with Crippen molar-refractivity contribution in [3.05, 3.63) is 75.2 Å². The van der Waals surface area contributed by atoms with Gasteiger partial charge in [0.15, 0.2) is 11.5 Å². The van der Waals surface area contributed by atoms with E-state index in [0.29, 0.717) is 40.9 Å². The van der Waals surface area contributed by atoms with Gasteiger partial charge < -0.3 is 14.8 Å². The molecule has 0 atom stereocenters. The van der Waals surface area contributed by atoms with E-state index in [-0.39, 0.29) is 25.3 Å². The normalized spacial score (nSPS) is 15.1. The van der Waals surface area contributed by atoms with Gasteiger partial charge in [0.25, 0.3) is 5.91 Å². The minimum Gasteiger partial charge on any atom is -0.454 e. The van der Waals surface area contributed by atoms with E-state index in [2.05, 4.69) is 10.3 Å². The van der Waals surface area contributed by atoms with E-state index >= 15 is 0 Å². The van der Waals surface area contributed by atoms with Crippen molar-refractivity contribution in [2.45, 2.75) is 44.7 Å². The number of thiazole rings is 1. The first-order chi connectivity index (χ1) is 16.3. The van der Waals surface area contributed by atoms with E-state index in [1.807, 2.05) is 23.1 Å². The molecule has 0 spiro atoms. The van der Waals surface area contributed by atoms with E-state index in [1.54, 1.807) is 11.4 Å². The molecule has 0 saturated heterocycles. The number of aromatic nitrogens is 1. The Balaban J connectivity index is 1.35. The van der Waals surface area contributed by atoms with Gasteiger partial charge in [-0.15, -0.1) is 11.3 Å². The smallest absolute Gasteiger partial charge is 0.416 e. The molecule has 1 aromatic heterocycles. The standard InChI is InChI=1S/C24H22F3N3O3S/c25-24(26,27)17-3-1-2-15(8-17)10-30(11-16-4-7-20-21(9-16)33-14-32-20)12-22-29-19(13-34-22)23(31)28-18-5-6-18/h1-4,7-9,13,18H,5-6,10-12,14H2,(H,28,31). The van der Waals surface area contributed by atoms with Crippen LogP contribution < -0.4 is 14.8 Å². The Hall–Kier alpha value is -3.11. The summed E-state index contributed by atoms with van der Waals surface area (Å²) in [6, 6.07) is 11.2. The van der Waals surface area contributed by atoms with Gasteiger partial charge in [0.2, 0.25) is 6.79 Å². The molecule has 0 unspecified atom stereocenters. The van der Waals surface area contributed by atoms with Crippen LogP contribution in [0.4, 0.5) is 13.2 Å². The van der Waals surface area contributed by atoms with Crippen LogP contribution >= 0.6 is 11.3 Å². The molecule has 0 radical (unpaired) electrons. The molecule has 10 heteroatoms. The van der Waals surface area contributed by atoms with Gasteiger partial charge in [-0.2, -0.15) is 13.2 Å². The highest BCUT2D eigenvalue weighted by Crippen LogP contribution is 2.33. The van der Waals surface area contributed by atoms with Crippen molar-refractivity contribution in [3.8, 4) is 11.5 Å². The van der Waals surface area contributed by atoms with Gasteiger partial charge in [0, 0.05) is 24.5 Å². The average molecular weight is 490 g/mol. The van der Waals surface area contributed by atoms with Gasteiger partial charge in [0.1, 0.15) is 10.7 Å². The Morgan fingerprint density at radius 2 is 1.82 bits per heavy atom. The Bertz CT molecular complexity index is 1190. The fourth-order valence-corrected chi connectivity index (χ4v) is 4.55. The van der Waals surface area contributed by atoms with Crippen molar-refractivity contribution in [2.24, 2.45) is 0 Å². The second-order valence-electron chi connectivity index (χ2n) is 8.41. The van der Waals surface area contributed by atoms with Crippen molar-refractivity contribution < 1.29 is 27.4 Å². The molecule has 0 bridgehead atoms. The maximum atomic E-state index is 13.2. The summed E-state index contributed by atoms with van der Waals surface area (Å²) >= 11 is 1.36. The lowest BCUT2D eigenvalue weighted by molar-refractivity contribution is -0.137. The molecule has 1 aliphatic heterocycles. The summed E-state index contributed by atoms with van der Waals surface area (Å²) < 4.78 is 50.5. The molecule has 3 aromatic rings. The molecule has 1 saturated carbocycles. The van der Waals surface area contributed by atoms with Gasteiger partial charge in [-0.25, -0.2) is 4.98 Å². The SMILES string of the molecule is O=C(NC1CC1)c1csc(CN(Cc2cccc(C(F)(F)F)c2)Cc2ccc3c(c2)OCO3)n1. The third-order valence-corrected chi connectivity index (χ3v) is 6.39. The molecule has 1 fully saturated rings. The van der Waals surface area contributed by atoms with Crippen LogP contribution in [-0.2, 0) is 25.8 Å². The van der Waals surface area contributed by atoms with Gasteiger partial charge in [0.05, 0.1) is 12.1 Å². The van der Waals surface area contributed by atoms with E-state index in [0.717, 1.165) is 24.5 Å². The predicted molar refractivity (Wildman–Crippen MR) is 120 cm³/mol. The van der Waals surface area contributed by atoms with E-state index in [9.17, 15) is 18.0 Å². The third kappa shape index (κ3) is 5.51. The molecule has 2 aromatic carbocycles. The number of hydrogen-bond acceptors (Lipinski definition) is 6. The monoisotopic (exact) mass is 489 g/mol. The van der Waals surface area contributed by atoms with E-state index in [4.69, 9.17) is 9.47 Å². The topological polar surface area (TPSA) is 63.7 Å². The zero-order valence-corrected chi connectivity index (χ0v) is 18.9. The van der Waals surface area contributed by atoms with Crippen LogP contribution in [0.1, 0.15) is 45.0 Å². The fourth-order valence-electron chi connectivity index (χ4n) is 3.74. The van der Waals surface area contributed by atoms with Crippen molar-refractivity contribution >= 4 is 17.2 Å². The highest BCUT2D eigenvalue weighted by molar-refractivity contribution is 7.09. The lowest BCUT2D eigenvalue weighted by Gasteiger charge is -2.22. The van der Waals surface area contributed by atoms with Crippen molar-refractivity contribution in [1.82, 2.24) is 15.2 Å². The predicted octanol–water partition coefficient (Wildman–Crippen LogP) is 4.99.